The fourth-order valence-electron chi connectivity index (χ4n) is 3.35. The highest BCUT2D eigenvalue weighted by Crippen LogP contribution is 2.39. The molecule has 9 nitrogen and oxygen atoms in total. The molecule has 2 aromatic heterocycles. The Bertz CT molecular complexity index is 982. The predicted molar refractivity (Wildman–Crippen MR) is 114 cm³/mol. The van der Waals surface area contributed by atoms with E-state index in [4.69, 9.17) is 15.2 Å². The zero-order valence-electron chi connectivity index (χ0n) is 18.5. The molecule has 0 radical (unpaired) electrons. The number of alkyl halides is 3. The number of hydrogen-bond acceptors (Lipinski definition) is 8. The van der Waals surface area contributed by atoms with E-state index < -0.39 is 28.3 Å². The Morgan fingerprint density at radius 1 is 1.22 bits per heavy atom. The number of anilines is 2. The van der Waals surface area contributed by atoms with E-state index in [0.29, 0.717) is 13.2 Å². The first-order valence-corrected chi connectivity index (χ1v) is 9.66. The van der Waals surface area contributed by atoms with Crippen LogP contribution in [0.4, 0.5) is 30.4 Å². The lowest BCUT2D eigenvalue weighted by atomic mass is 9.94. The second-order valence-corrected chi connectivity index (χ2v) is 7.98. The number of nitrogens with zero attached hydrogens (tertiary/aromatic N) is 4. The van der Waals surface area contributed by atoms with Gasteiger partial charge in [-0.2, -0.15) is 13.2 Å². The van der Waals surface area contributed by atoms with Crippen molar-refractivity contribution in [2.45, 2.75) is 26.9 Å². The second-order valence-electron chi connectivity index (χ2n) is 7.98. The molecule has 2 aromatic rings. The Morgan fingerprint density at radius 2 is 1.88 bits per heavy atom. The first-order chi connectivity index (χ1) is 14.8. The monoisotopic (exact) mass is 457 g/mol. The summed E-state index contributed by atoms with van der Waals surface area (Å²) in [5.74, 6) is -0.658. The van der Waals surface area contributed by atoms with E-state index in [0.717, 1.165) is 6.07 Å². The summed E-state index contributed by atoms with van der Waals surface area (Å²) in [5, 5.41) is 11.7. The molecule has 2 heterocycles. The van der Waals surface area contributed by atoms with Crippen molar-refractivity contribution in [3.63, 3.8) is 0 Å². The summed E-state index contributed by atoms with van der Waals surface area (Å²) in [7, 11) is 3.17. The summed E-state index contributed by atoms with van der Waals surface area (Å²) >= 11 is 0. The molecule has 0 amide bonds. The van der Waals surface area contributed by atoms with Gasteiger partial charge in [0, 0.05) is 37.7 Å². The first-order valence-electron chi connectivity index (χ1n) is 9.66. The summed E-state index contributed by atoms with van der Waals surface area (Å²) in [5.41, 5.74) is 4.04. The molecule has 0 saturated heterocycles. The molecule has 0 aromatic carbocycles. The average Bonchev–Trinajstić information content (AvgIpc) is 2.65. The highest BCUT2D eigenvalue weighted by molar-refractivity contribution is 5.79. The number of pyridine rings is 2. The maximum absolute atomic E-state index is 13.3. The number of nitro groups is 1. The molecule has 12 heteroatoms. The molecule has 32 heavy (non-hydrogen) atoms. The molecular formula is C20H26F3N5O4. The van der Waals surface area contributed by atoms with Gasteiger partial charge in [0.1, 0.15) is 11.4 Å². The molecule has 176 valence electrons. The molecule has 2 N–H and O–H groups in total. The van der Waals surface area contributed by atoms with Gasteiger partial charge in [-0.1, -0.05) is 13.8 Å². The molecule has 0 atom stereocenters. The molecule has 0 fully saturated rings. The van der Waals surface area contributed by atoms with Gasteiger partial charge < -0.3 is 20.1 Å². The lowest BCUT2D eigenvalue weighted by Crippen LogP contribution is -2.35. The number of aromatic nitrogens is 2. The SMILES string of the molecule is CCOc1cc(-c2cc(N(C)CC(C)(C)COC)c([N+](=O)[O-])c(N)n2)cc(C(F)(F)F)n1. The minimum absolute atomic E-state index is 0.0168. The van der Waals surface area contributed by atoms with E-state index in [1.54, 1.807) is 26.0 Å². The van der Waals surface area contributed by atoms with Crippen molar-refractivity contribution in [2.24, 2.45) is 5.41 Å². The van der Waals surface area contributed by atoms with Crippen LogP contribution in [-0.2, 0) is 10.9 Å². The fourth-order valence-corrected chi connectivity index (χ4v) is 3.35. The molecule has 0 aliphatic rings. The Hall–Kier alpha value is -3.15. The van der Waals surface area contributed by atoms with E-state index in [2.05, 4.69) is 9.97 Å². The molecule has 0 bridgehead atoms. The van der Waals surface area contributed by atoms with Gasteiger partial charge >= 0.3 is 11.9 Å². The number of nitrogens with two attached hydrogens (primary N) is 1. The van der Waals surface area contributed by atoms with Crippen LogP contribution in [-0.4, -0.2) is 48.8 Å². The highest BCUT2D eigenvalue weighted by Gasteiger charge is 2.34. The van der Waals surface area contributed by atoms with Crippen LogP contribution in [0.5, 0.6) is 5.88 Å². The van der Waals surface area contributed by atoms with Gasteiger partial charge in [0.15, 0.2) is 0 Å². The molecule has 0 aliphatic heterocycles. The van der Waals surface area contributed by atoms with E-state index in [9.17, 15) is 23.3 Å². The Balaban J connectivity index is 2.66. The number of halogens is 3. The molecule has 0 spiro atoms. The number of methoxy groups -OCH3 is 1. The van der Waals surface area contributed by atoms with Gasteiger partial charge in [-0.05, 0) is 19.1 Å². The van der Waals surface area contributed by atoms with E-state index in [1.165, 1.54) is 12.1 Å². The third-order valence-corrected chi connectivity index (χ3v) is 4.47. The van der Waals surface area contributed by atoms with Gasteiger partial charge in [0.2, 0.25) is 11.7 Å². The lowest BCUT2D eigenvalue weighted by Gasteiger charge is -2.31. The third-order valence-electron chi connectivity index (χ3n) is 4.47. The normalized spacial score (nSPS) is 12.0. The Kier molecular flexibility index (Phi) is 7.50. The number of hydrogen-bond donors (Lipinski definition) is 1. The summed E-state index contributed by atoms with van der Waals surface area (Å²) in [6, 6.07) is 3.42. The Labute approximate surface area is 183 Å². The van der Waals surface area contributed by atoms with Crippen LogP contribution in [0.1, 0.15) is 26.5 Å². The minimum Gasteiger partial charge on any atom is -0.478 e. The van der Waals surface area contributed by atoms with Crippen molar-refractivity contribution in [1.29, 1.82) is 0 Å². The topological polar surface area (TPSA) is 117 Å². The van der Waals surface area contributed by atoms with Crippen LogP contribution < -0.4 is 15.4 Å². The molecular weight excluding hydrogens is 431 g/mol. The van der Waals surface area contributed by atoms with Crippen LogP contribution in [0.15, 0.2) is 18.2 Å². The standard InChI is InChI=1S/C20H26F3N5O4/c1-6-32-16-8-12(7-15(26-16)20(21,22)23)13-9-14(17(28(29)30)18(24)25-13)27(4)10-19(2,3)11-31-5/h7-9H,6,10-11H2,1-5H3,(H2,24,25). The highest BCUT2D eigenvalue weighted by atomic mass is 19.4. The average molecular weight is 457 g/mol. The molecule has 2 rings (SSSR count). The predicted octanol–water partition coefficient (Wildman–Crippen LogP) is 4.16. The summed E-state index contributed by atoms with van der Waals surface area (Å²) < 4.78 is 50.4. The van der Waals surface area contributed by atoms with Crippen molar-refractivity contribution in [2.75, 3.05) is 44.5 Å². The minimum atomic E-state index is -4.72. The van der Waals surface area contributed by atoms with Gasteiger partial charge in [-0.15, -0.1) is 0 Å². The molecule has 0 saturated carbocycles. The summed E-state index contributed by atoms with van der Waals surface area (Å²) in [6.07, 6.45) is -4.72. The number of rotatable bonds is 9. The van der Waals surface area contributed by atoms with E-state index >= 15 is 0 Å². The Morgan fingerprint density at radius 3 is 2.41 bits per heavy atom. The van der Waals surface area contributed by atoms with Gasteiger partial charge in [-0.3, -0.25) is 10.1 Å². The van der Waals surface area contributed by atoms with Gasteiger partial charge in [0.05, 0.1) is 23.8 Å². The van der Waals surface area contributed by atoms with Crippen molar-refractivity contribution in [3.05, 3.63) is 34.0 Å². The van der Waals surface area contributed by atoms with Crippen molar-refractivity contribution < 1.29 is 27.6 Å². The molecule has 0 aliphatic carbocycles. The van der Waals surface area contributed by atoms with Crippen LogP contribution >= 0.6 is 0 Å². The maximum atomic E-state index is 13.3. The van der Waals surface area contributed by atoms with Crippen LogP contribution in [0.2, 0.25) is 0 Å². The van der Waals surface area contributed by atoms with E-state index in [1.807, 2.05) is 13.8 Å². The van der Waals surface area contributed by atoms with Gasteiger partial charge in [-0.25, -0.2) is 9.97 Å². The zero-order chi connectivity index (χ0) is 24.3. The van der Waals surface area contributed by atoms with Crippen LogP contribution in [0.25, 0.3) is 11.3 Å². The van der Waals surface area contributed by atoms with Gasteiger partial charge in [0.25, 0.3) is 0 Å². The largest absolute Gasteiger partial charge is 0.478 e. The third kappa shape index (κ3) is 5.96. The zero-order valence-corrected chi connectivity index (χ0v) is 18.5. The first kappa shape index (κ1) is 25.1. The lowest BCUT2D eigenvalue weighted by molar-refractivity contribution is -0.383. The summed E-state index contributed by atoms with van der Waals surface area (Å²) in [6.45, 7) is 6.27. The van der Waals surface area contributed by atoms with Crippen LogP contribution in [0, 0.1) is 15.5 Å². The van der Waals surface area contributed by atoms with Crippen molar-refractivity contribution in [3.8, 4) is 17.1 Å². The quantitative estimate of drug-likeness (QED) is 0.441. The maximum Gasteiger partial charge on any atom is 0.433 e. The smallest absolute Gasteiger partial charge is 0.433 e. The van der Waals surface area contributed by atoms with Crippen LogP contribution in [0.3, 0.4) is 0 Å². The number of nitrogen functional groups attached to an aromatic ring is 1. The second kappa shape index (κ2) is 9.55. The van der Waals surface area contributed by atoms with Crippen molar-refractivity contribution >= 4 is 17.2 Å². The van der Waals surface area contributed by atoms with E-state index in [-0.39, 0.29) is 34.8 Å². The van der Waals surface area contributed by atoms with Crippen molar-refractivity contribution in [1.82, 2.24) is 9.97 Å². The summed E-state index contributed by atoms with van der Waals surface area (Å²) in [4.78, 5) is 20.1. The fraction of sp³-hybridized carbons (Fsp3) is 0.500. The molecule has 0 unspecified atom stereocenters. The number of ether oxygens (including phenoxy) is 2.